The summed E-state index contributed by atoms with van der Waals surface area (Å²) in [6, 6.07) is 7.56. The second kappa shape index (κ2) is 4.58. The van der Waals surface area contributed by atoms with Gasteiger partial charge < -0.3 is 5.11 Å². The molecule has 0 spiro atoms. The molecule has 1 aromatic carbocycles. The zero-order chi connectivity index (χ0) is 11.5. The van der Waals surface area contributed by atoms with Crippen LogP contribution >= 0.6 is 0 Å². The van der Waals surface area contributed by atoms with Gasteiger partial charge in [-0.05, 0) is 39.2 Å². The molecule has 0 aromatic heterocycles. The Morgan fingerprint density at radius 3 is 2.20 bits per heavy atom. The Hall–Kier alpha value is -1.15. The molecule has 1 aromatic rings. The van der Waals surface area contributed by atoms with Crippen LogP contribution in [0.1, 0.15) is 43.1 Å². The molecule has 0 saturated heterocycles. The van der Waals surface area contributed by atoms with Gasteiger partial charge >= 0.3 is 0 Å². The van der Waals surface area contributed by atoms with Gasteiger partial charge in [-0.25, -0.2) is 0 Å². The normalized spacial score (nSPS) is 11.5. The van der Waals surface area contributed by atoms with Gasteiger partial charge in [-0.1, -0.05) is 24.3 Å². The first-order valence-electron chi connectivity index (χ1n) is 5.21. The molecular formula is C13H18O2. The van der Waals surface area contributed by atoms with E-state index < -0.39 is 5.60 Å². The van der Waals surface area contributed by atoms with Gasteiger partial charge in [-0.15, -0.1) is 0 Å². The standard InChI is InChI=1S/C13H18O2/c1-10(14)12-6-4-11(5-7-12)8-9-13(2,3)15/h4-7,15H,8-9H2,1-3H3. The summed E-state index contributed by atoms with van der Waals surface area (Å²) in [4.78, 5) is 11.0. The number of rotatable bonds is 4. The van der Waals surface area contributed by atoms with E-state index in [1.807, 2.05) is 24.3 Å². The number of carbonyl (C=O) groups is 1. The van der Waals surface area contributed by atoms with Crippen LogP contribution in [0, 0.1) is 0 Å². The molecule has 0 saturated carbocycles. The summed E-state index contributed by atoms with van der Waals surface area (Å²) in [5, 5.41) is 9.57. The van der Waals surface area contributed by atoms with Gasteiger partial charge in [0.25, 0.3) is 0 Å². The van der Waals surface area contributed by atoms with E-state index in [1.165, 1.54) is 0 Å². The zero-order valence-electron chi connectivity index (χ0n) is 9.58. The minimum Gasteiger partial charge on any atom is -0.390 e. The van der Waals surface area contributed by atoms with Crippen LogP contribution in [0.2, 0.25) is 0 Å². The fraction of sp³-hybridized carbons (Fsp3) is 0.462. The largest absolute Gasteiger partial charge is 0.390 e. The maximum Gasteiger partial charge on any atom is 0.159 e. The molecule has 82 valence electrons. The van der Waals surface area contributed by atoms with Crippen molar-refractivity contribution in [3.63, 3.8) is 0 Å². The lowest BCUT2D eigenvalue weighted by Gasteiger charge is -2.16. The lowest BCUT2D eigenvalue weighted by Crippen LogP contribution is -2.19. The number of carbonyl (C=O) groups excluding carboxylic acids is 1. The molecule has 0 aliphatic rings. The minimum absolute atomic E-state index is 0.0871. The lowest BCUT2D eigenvalue weighted by atomic mass is 9.98. The van der Waals surface area contributed by atoms with E-state index in [-0.39, 0.29) is 5.78 Å². The fourth-order valence-corrected chi connectivity index (χ4v) is 1.36. The zero-order valence-corrected chi connectivity index (χ0v) is 9.58. The molecule has 0 aliphatic heterocycles. The molecule has 0 amide bonds. The van der Waals surface area contributed by atoms with Crippen LogP contribution in [-0.4, -0.2) is 16.5 Å². The minimum atomic E-state index is -0.626. The molecule has 2 nitrogen and oxygen atoms in total. The highest BCUT2D eigenvalue weighted by Crippen LogP contribution is 2.13. The van der Waals surface area contributed by atoms with Crippen LogP contribution in [0.15, 0.2) is 24.3 Å². The predicted octanol–water partition coefficient (Wildman–Crippen LogP) is 2.59. The molecule has 0 radical (unpaired) electrons. The van der Waals surface area contributed by atoms with Gasteiger partial charge in [0, 0.05) is 5.56 Å². The Morgan fingerprint density at radius 1 is 1.27 bits per heavy atom. The number of Topliss-reactive ketones (excluding diaryl/α,β-unsaturated/α-hetero) is 1. The van der Waals surface area contributed by atoms with Crippen LogP contribution in [0.4, 0.5) is 0 Å². The van der Waals surface area contributed by atoms with Crippen molar-refractivity contribution < 1.29 is 9.90 Å². The van der Waals surface area contributed by atoms with Gasteiger partial charge in [-0.2, -0.15) is 0 Å². The predicted molar refractivity (Wildman–Crippen MR) is 61.1 cm³/mol. The highest BCUT2D eigenvalue weighted by atomic mass is 16.3. The van der Waals surface area contributed by atoms with E-state index in [9.17, 15) is 9.90 Å². The SMILES string of the molecule is CC(=O)c1ccc(CCC(C)(C)O)cc1. The molecule has 0 heterocycles. The summed E-state index contributed by atoms with van der Waals surface area (Å²) >= 11 is 0. The summed E-state index contributed by atoms with van der Waals surface area (Å²) in [7, 11) is 0. The van der Waals surface area contributed by atoms with Crippen molar-refractivity contribution in [1.82, 2.24) is 0 Å². The molecule has 1 rings (SSSR count). The van der Waals surface area contributed by atoms with Gasteiger partial charge in [0.15, 0.2) is 5.78 Å². The number of aryl methyl sites for hydroxylation is 1. The number of aliphatic hydroxyl groups is 1. The molecule has 0 atom stereocenters. The van der Waals surface area contributed by atoms with Gasteiger partial charge in [0.05, 0.1) is 5.60 Å². The molecule has 0 aliphatic carbocycles. The van der Waals surface area contributed by atoms with Crippen molar-refractivity contribution in [1.29, 1.82) is 0 Å². The van der Waals surface area contributed by atoms with E-state index in [4.69, 9.17) is 0 Å². The van der Waals surface area contributed by atoms with Gasteiger partial charge in [0.2, 0.25) is 0 Å². The fourth-order valence-electron chi connectivity index (χ4n) is 1.36. The number of ketones is 1. The Balaban J connectivity index is 2.61. The molecule has 0 unspecified atom stereocenters. The smallest absolute Gasteiger partial charge is 0.159 e. The Bertz CT molecular complexity index is 331. The number of hydrogen-bond acceptors (Lipinski definition) is 2. The van der Waals surface area contributed by atoms with Crippen molar-refractivity contribution in [2.75, 3.05) is 0 Å². The third-order valence-corrected chi connectivity index (χ3v) is 2.39. The first-order chi connectivity index (χ1) is 6.88. The van der Waals surface area contributed by atoms with E-state index >= 15 is 0 Å². The van der Waals surface area contributed by atoms with Crippen LogP contribution < -0.4 is 0 Å². The van der Waals surface area contributed by atoms with Gasteiger partial charge in [-0.3, -0.25) is 4.79 Å². The molecule has 0 fully saturated rings. The van der Waals surface area contributed by atoms with E-state index in [0.717, 1.165) is 24.0 Å². The van der Waals surface area contributed by atoms with Crippen molar-refractivity contribution in [3.05, 3.63) is 35.4 Å². The first kappa shape index (κ1) is 11.9. The van der Waals surface area contributed by atoms with E-state index in [2.05, 4.69) is 0 Å². The van der Waals surface area contributed by atoms with Gasteiger partial charge in [0.1, 0.15) is 0 Å². The molecule has 0 bridgehead atoms. The Morgan fingerprint density at radius 2 is 1.80 bits per heavy atom. The maximum atomic E-state index is 11.0. The van der Waals surface area contributed by atoms with Crippen LogP contribution in [0.25, 0.3) is 0 Å². The lowest BCUT2D eigenvalue weighted by molar-refractivity contribution is 0.0714. The van der Waals surface area contributed by atoms with Crippen molar-refractivity contribution >= 4 is 5.78 Å². The van der Waals surface area contributed by atoms with Crippen molar-refractivity contribution in [3.8, 4) is 0 Å². The average molecular weight is 206 g/mol. The van der Waals surface area contributed by atoms with Crippen molar-refractivity contribution in [2.45, 2.75) is 39.2 Å². The summed E-state index contributed by atoms with van der Waals surface area (Å²) < 4.78 is 0. The second-order valence-electron chi connectivity index (χ2n) is 4.57. The quantitative estimate of drug-likeness (QED) is 0.769. The monoisotopic (exact) mass is 206 g/mol. The van der Waals surface area contributed by atoms with E-state index in [0.29, 0.717) is 0 Å². The highest BCUT2D eigenvalue weighted by Gasteiger charge is 2.11. The third-order valence-electron chi connectivity index (χ3n) is 2.39. The molecular weight excluding hydrogens is 188 g/mol. The number of hydrogen-bond donors (Lipinski definition) is 1. The number of benzene rings is 1. The topological polar surface area (TPSA) is 37.3 Å². The van der Waals surface area contributed by atoms with Crippen LogP contribution in [0.5, 0.6) is 0 Å². The van der Waals surface area contributed by atoms with Crippen LogP contribution in [0.3, 0.4) is 0 Å². The summed E-state index contributed by atoms with van der Waals surface area (Å²) in [6.45, 7) is 5.17. The first-order valence-corrected chi connectivity index (χ1v) is 5.21. The van der Waals surface area contributed by atoms with Crippen LogP contribution in [-0.2, 0) is 6.42 Å². The average Bonchev–Trinajstić information content (AvgIpc) is 2.14. The third kappa shape index (κ3) is 4.26. The van der Waals surface area contributed by atoms with Crippen molar-refractivity contribution in [2.24, 2.45) is 0 Å². The van der Waals surface area contributed by atoms with E-state index in [1.54, 1.807) is 20.8 Å². The Kier molecular flexibility index (Phi) is 3.64. The summed E-state index contributed by atoms with van der Waals surface area (Å²) in [6.07, 6.45) is 1.56. The Labute approximate surface area is 90.9 Å². The second-order valence-corrected chi connectivity index (χ2v) is 4.57. The summed E-state index contributed by atoms with van der Waals surface area (Å²) in [5.74, 6) is 0.0871. The molecule has 1 N–H and O–H groups in total. The highest BCUT2D eigenvalue weighted by molar-refractivity contribution is 5.93. The summed E-state index contributed by atoms with van der Waals surface area (Å²) in [5.41, 5.74) is 1.27. The molecule has 15 heavy (non-hydrogen) atoms. The maximum absolute atomic E-state index is 11.0. The molecule has 2 heteroatoms.